The summed E-state index contributed by atoms with van der Waals surface area (Å²) in [5.74, 6) is -0.893. The number of aliphatic hydroxyl groups is 1. The molecule has 164 valence electrons. The van der Waals surface area contributed by atoms with Gasteiger partial charge in [-0.05, 0) is 38.3 Å². The number of hydrogen-bond acceptors (Lipinski definition) is 5. The molecule has 1 aromatic carbocycles. The van der Waals surface area contributed by atoms with Gasteiger partial charge in [0.05, 0.1) is 6.61 Å². The first kappa shape index (κ1) is 22.6. The number of thioether (sulfide) groups is 1. The minimum atomic E-state index is -0.739. The molecule has 1 aromatic rings. The van der Waals surface area contributed by atoms with Crippen molar-refractivity contribution < 1.29 is 19.5 Å². The zero-order valence-electron chi connectivity index (χ0n) is 18.1. The van der Waals surface area contributed by atoms with Crippen LogP contribution in [-0.4, -0.2) is 57.2 Å². The first-order valence-electron chi connectivity index (χ1n) is 10.4. The molecule has 0 aliphatic carbocycles. The summed E-state index contributed by atoms with van der Waals surface area (Å²) in [5, 5.41) is 14.7. The molecule has 7 nitrogen and oxygen atoms in total. The lowest BCUT2D eigenvalue weighted by atomic mass is 9.95. The Bertz CT molecular complexity index is 843. The van der Waals surface area contributed by atoms with Gasteiger partial charge in [0.2, 0.25) is 11.8 Å². The summed E-state index contributed by atoms with van der Waals surface area (Å²) in [4.78, 5) is 41.0. The summed E-state index contributed by atoms with van der Waals surface area (Å²) < 4.78 is -0.507. The van der Waals surface area contributed by atoms with Gasteiger partial charge in [0.25, 0.3) is 5.91 Å². The average Bonchev–Trinajstić information content (AvgIpc) is 3.14. The van der Waals surface area contributed by atoms with Gasteiger partial charge in [0.1, 0.15) is 17.5 Å². The van der Waals surface area contributed by atoms with Gasteiger partial charge in [0, 0.05) is 16.4 Å². The molecule has 0 spiro atoms. The molecule has 8 heteroatoms. The van der Waals surface area contributed by atoms with E-state index in [4.69, 9.17) is 0 Å². The summed E-state index contributed by atoms with van der Waals surface area (Å²) in [5.41, 5.74) is 1.57. The molecule has 2 aliphatic heterocycles. The van der Waals surface area contributed by atoms with E-state index in [-0.39, 0.29) is 35.6 Å². The zero-order chi connectivity index (χ0) is 22.2. The van der Waals surface area contributed by atoms with Crippen LogP contribution >= 0.6 is 11.8 Å². The molecule has 2 aliphatic rings. The number of hydrogen-bond donors (Lipinski definition) is 3. The largest absolute Gasteiger partial charge is 0.394 e. The number of amides is 3. The second-order valence-electron chi connectivity index (χ2n) is 8.74. The summed E-state index contributed by atoms with van der Waals surface area (Å²) in [6.45, 7) is 9.31. The molecular formula is C22H31N3O4S. The molecule has 1 fully saturated rings. The van der Waals surface area contributed by atoms with Crippen LogP contribution in [0.15, 0.2) is 24.3 Å². The molecule has 3 N–H and O–H groups in total. The summed E-state index contributed by atoms with van der Waals surface area (Å²) >= 11 is 1.60. The predicted octanol–water partition coefficient (Wildman–Crippen LogP) is 2.06. The number of fused-ring (bicyclic) bond motifs is 3. The molecule has 0 unspecified atom stereocenters. The lowest BCUT2D eigenvalue weighted by Crippen LogP contribution is -2.59. The minimum absolute atomic E-state index is 0.0979. The number of aliphatic hydroxyl groups excluding tert-OH is 1. The van der Waals surface area contributed by atoms with Gasteiger partial charge in [-0.15, -0.1) is 11.8 Å². The van der Waals surface area contributed by atoms with Crippen LogP contribution in [0.2, 0.25) is 0 Å². The third kappa shape index (κ3) is 3.95. The molecule has 30 heavy (non-hydrogen) atoms. The maximum Gasteiger partial charge on any atom is 0.256 e. The highest BCUT2D eigenvalue weighted by atomic mass is 32.2. The topological polar surface area (TPSA) is 98.7 Å². The number of carbonyl (C=O) groups is 3. The van der Waals surface area contributed by atoms with E-state index in [0.29, 0.717) is 12.0 Å². The molecule has 0 bridgehead atoms. The SMILES string of the molecule is CC[C@@H](C)[C@H](NC(=O)[C@@H]1N2C(=O)c3ccccc3[C@@H]2SC1(C)C)C(=O)N[C@@H](C)CO. The Kier molecular flexibility index (Phi) is 6.48. The first-order valence-corrected chi connectivity index (χ1v) is 11.3. The quantitative estimate of drug-likeness (QED) is 0.611. The Morgan fingerprint density at radius 2 is 1.90 bits per heavy atom. The fourth-order valence-corrected chi connectivity index (χ4v) is 5.71. The van der Waals surface area contributed by atoms with Crippen molar-refractivity contribution in [1.29, 1.82) is 0 Å². The summed E-state index contributed by atoms with van der Waals surface area (Å²) in [6.07, 6.45) is 0.700. The average molecular weight is 434 g/mol. The number of rotatable bonds is 7. The Morgan fingerprint density at radius 1 is 1.23 bits per heavy atom. The van der Waals surface area contributed by atoms with Crippen LogP contribution in [0.1, 0.15) is 62.3 Å². The molecule has 0 aromatic heterocycles. The van der Waals surface area contributed by atoms with Crippen molar-refractivity contribution in [3.8, 4) is 0 Å². The van der Waals surface area contributed by atoms with E-state index >= 15 is 0 Å². The zero-order valence-corrected chi connectivity index (χ0v) is 19.0. The Morgan fingerprint density at radius 3 is 2.53 bits per heavy atom. The maximum absolute atomic E-state index is 13.4. The normalized spacial score (nSPS) is 24.6. The van der Waals surface area contributed by atoms with E-state index in [0.717, 1.165) is 5.56 Å². The van der Waals surface area contributed by atoms with E-state index in [2.05, 4.69) is 10.6 Å². The van der Waals surface area contributed by atoms with Crippen molar-refractivity contribution in [3.63, 3.8) is 0 Å². The Balaban J connectivity index is 1.85. The summed E-state index contributed by atoms with van der Waals surface area (Å²) in [6, 6.07) is 5.63. The molecule has 1 saturated heterocycles. The second-order valence-corrected chi connectivity index (χ2v) is 10.5. The van der Waals surface area contributed by atoms with Crippen LogP contribution in [0.25, 0.3) is 0 Å². The standard InChI is InChI=1S/C22H31N3O4S/c1-6-12(2)16(18(27)23-13(3)11-26)24-19(28)17-22(4,5)30-21-15-10-8-7-9-14(15)20(29)25(17)21/h7-10,12-13,16-17,21,26H,6,11H2,1-5H3,(H,23,27)(H,24,28)/t12-,13+,16+,17+,21+/m1/s1. The lowest BCUT2D eigenvalue weighted by molar-refractivity contribution is -0.133. The van der Waals surface area contributed by atoms with Crippen molar-refractivity contribution in [2.24, 2.45) is 5.92 Å². The van der Waals surface area contributed by atoms with Crippen molar-refractivity contribution in [1.82, 2.24) is 15.5 Å². The second kappa shape index (κ2) is 8.59. The third-order valence-electron chi connectivity index (χ3n) is 6.00. The highest BCUT2D eigenvalue weighted by Crippen LogP contribution is 2.56. The van der Waals surface area contributed by atoms with Crippen LogP contribution < -0.4 is 10.6 Å². The number of nitrogens with zero attached hydrogens (tertiary/aromatic N) is 1. The van der Waals surface area contributed by atoms with Gasteiger partial charge in [0.15, 0.2) is 0 Å². The first-order chi connectivity index (χ1) is 14.1. The van der Waals surface area contributed by atoms with Crippen molar-refractivity contribution >= 4 is 29.5 Å². The fourth-order valence-electron chi connectivity index (χ4n) is 4.12. The van der Waals surface area contributed by atoms with Crippen LogP contribution in [0.4, 0.5) is 0 Å². The van der Waals surface area contributed by atoms with Crippen LogP contribution in [0.3, 0.4) is 0 Å². The highest BCUT2D eigenvalue weighted by Gasteiger charge is 2.57. The van der Waals surface area contributed by atoms with E-state index < -0.39 is 22.9 Å². The highest BCUT2D eigenvalue weighted by molar-refractivity contribution is 8.01. The minimum Gasteiger partial charge on any atom is -0.394 e. The fraction of sp³-hybridized carbons (Fsp3) is 0.591. The monoisotopic (exact) mass is 433 g/mol. The lowest BCUT2D eigenvalue weighted by Gasteiger charge is -2.32. The van der Waals surface area contributed by atoms with Crippen molar-refractivity contribution in [2.75, 3.05) is 6.61 Å². The summed E-state index contributed by atoms with van der Waals surface area (Å²) in [7, 11) is 0. The van der Waals surface area contributed by atoms with Crippen molar-refractivity contribution in [2.45, 2.75) is 69.3 Å². The van der Waals surface area contributed by atoms with E-state index in [1.165, 1.54) is 0 Å². The Hall–Kier alpha value is -2.06. The van der Waals surface area contributed by atoms with E-state index in [9.17, 15) is 19.5 Å². The predicted molar refractivity (Wildman–Crippen MR) is 117 cm³/mol. The molecule has 3 rings (SSSR count). The van der Waals surface area contributed by atoms with E-state index in [1.54, 1.807) is 29.7 Å². The van der Waals surface area contributed by atoms with Gasteiger partial charge < -0.3 is 20.6 Å². The molecule has 5 atom stereocenters. The molecule has 2 heterocycles. The van der Waals surface area contributed by atoms with Gasteiger partial charge in [-0.1, -0.05) is 38.5 Å². The van der Waals surface area contributed by atoms with Gasteiger partial charge in [-0.2, -0.15) is 0 Å². The smallest absolute Gasteiger partial charge is 0.256 e. The number of benzene rings is 1. The van der Waals surface area contributed by atoms with E-state index in [1.807, 2.05) is 45.9 Å². The van der Waals surface area contributed by atoms with Crippen LogP contribution in [0, 0.1) is 5.92 Å². The third-order valence-corrected chi connectivity index (χ3v) is 7.54. The van der Waals surface area contributed by atoms with Gasteiger partial charge in [-0.3, -0.25) is 14.4 Å². The van der Waals surface area contributed by atoms with Gasteiger partial charge in [-0.25, -0.2) is 0 Å². The number of carbonyl (C=O) groups excluding carboxylic acids is 3. The molecular weight excluding hydrogens is 402 g/mol. The maximum atomic E-state index is 13.4. The van der Waals surface area contributed by atoms with Crippen LogP contribution in [0.5, 0.6) is 0 Å². The molecule has 3 amide bonds. The van der Waals surface area contributed by atoms with Crippen LogP contribution in [-0.2, 0) is 9.59 Å². The molecule has 0 radical (unpaired) electrons. The molecule has 0 saturated carbocycles. The number of nitrogens with one attached hydrogen (secondary N) is 2. The van der Waals surface area contributed by atoms with Gasteiger partial charge >= 0.3 is 0 Å². The van der Waals surface area contributed by atoms with Crippen molar-refractivity contribution in [3.05, 3.63) is 35.4 Å². The Labute approximate surface area is 182 Å².